The lowest BCUT2D eigenvalue weighted by Crippen LogP contribution is -2.50. The Morgan fingerprint density at radius 2 is 1.77 bits per heavy atom. The molecular weight excluding hydrogens is 286 g/mol. The van der Waals surface area contributed by atoms with E-state index < -0.39 is 0 Å². The molecule has 1 aromatic heterocycles. The lowest BCUT2D eigenvalue weighted by molar-refractivity contribution is 0.0224. The summed E-state index contributed by atoms with van der Waals surface area (Å²) in [6, 6.07) is 11.4. The molecule has 0 spiro atoms. The number of fused-ring (bicyclic) bond motifs is 1. The van der Waals surface area contributed by atoms with Gasteiger partial charge in [0.1, 0.15) is 0 Å². The maximum absolute atomic E-state index is 2.85. The molecule has 0 amide bonds. The Morgan fingerprint density at radius 1 is 1.05 bits per heavy atom. The van der Waals surface area contributed by atoms with Crippen molar-refractivity contribution in [1.82, 2.24) is 4.90 Å². The van der Waals surface area contributed by atoms with Crippen LogP contribution in [0.1, 0.15) is 56.7 Å². The average molecular weight is 314 g/mol. The highest BCUT2D eigenvalue weighted by Gasteiger charge is 2.42. The van der Waals surface area contributed by atoms with Crippen molar-refractivity contribution in [3.8, 4) is 0 Å². The summed E-state index contributed by atoms with van der Waals surface area (Å²) in [7, 11) is 0. The third kappa shape index (κ3) is 2.51. The summed E-state index contributed by atoms with van der Waals surface area (Å²) in [6.45, 7) is 5.05. The van der Waals surface area contributed by atoms with Crippen LogP contribution < -0.4 is 0 Å². The molecule has 1 nitrogen and oxygen atoms in total. The first-order valence-corrected chi connectivity index (χ1v) is 9.84. The molecule has 1 saturated heterocycles. The lowest BCUT2D eigenvalue weighted by Gasteiger charge is -2.49. The van der Waals surface area contributed by atoms with E-state index in [9.17, 15) is 0 Å². The van der Waals surface area contributed by atoms with Gasteiger partial charge in [0.15, 0.2) is 0 Å². The molecule has 0 N–H and O–H groups in total. The van der Waals surface area contributed by atoms with E-state index in [0.717, 1.165) is 5.92 Å². The Labute approximate surface area is 138 Å². The number of hydrogen-bond acceptors (Lipinski definition) is 2. The van der Waals surface area contributed by atoms with Crippen LogP contribution in [-0.2, 0) is 5.54 Å². The predicted molar refractivity (Wildman–Crippen MR) is 96.6 cm³/mol. The fourth-order valence-corrected chi connectivity index (χ4v) is 5.83. The van der Waals surface area contributed by atoms with Crippen LogP contribution in [-0.4, -0.2) is 18.0 Å². The molecule has 1 aromatic carbocycles. The van der Waals surface area contributed by atoms with Crippen LogP contribution in [0, 0.1) is 5.92 Å². The topological polar surface area (TPSA) is 3.24 Å². The monoisotopic (exact) mass is 313 g/mol. The zero-order chi connectivity index (χ0) is 15.0. The van der Waals surface area contributed by atoms with E-state index in [1.54, 1.807) is 4.88 Å². The highest BCUT2D eigenvalue weighted by Crippen LogP contribution is 2.48. The molecule has 0 bridgehead atoms. The predicted octanol–water partition coefficient (Wildman–Crippen LogP) is 5.79. The smallest absolute Gasteiger partial charge is 0.0554 e. The lowest BCUT2D eigenvalue weighted by atomic mass is 9.74. The molecule has 2 heterocycles. The van der Waals surface area contributed by atoms with E-state index in [-0.39, 0.29) is 0 Å². The Morgan fingerprint density at radius 3 is 2.50 bits per heavy atom. The highest BCUT2D eigenvalue weighted by atomic mass is 32.1. The van der Waals surface area contributed by atoms with Gasteiger partial charge in [0, 0.05) is 9.58 Å². The number of benzene rings is 1. The average Bonchev–Trinajstić information content (AvgIpc) is 3.01. The van der Waals surface area contributed by atoms with Gasteiger partial charge >= 0.3 is 0 Å². The standard InChI is InChI=1S/C20H27NS/c1-16-9-11-20(12-10-16,21-13-5-2-6-14-21)19-15-17-7-3-4-8-18(17)22-19/h3-4,7-8,15-16H,2,5-6,9-14H2,1H3. The molecule has 118 valence electrons. The first-order chi connectivity index (χ1) is 10.8. The molecule has 4 rings (SSSR count). The second-order valence-electron chi connectivity index (χ2n) is 7.41. The van der Waals surface area contributed by atoms with Gasteiger partial charge in [-0.1, -0.05) is 31.5 Å². The molecule has 22 heavy (non-hydrogen) atoms. The maximum Gasteiger partial charge on any atom is 0.0554 e. The van der Waals surface area contributed by atoms with Crippen molar-refractivity contribution >= 4 is 21.4 Å². The first kappa shape index (κ1) is 14.7. The summed E-state index contributed by atoms with van der Waals surface area (Å²) >= 11 is 2.06. The fourth-order valence-electron chi connectivity index (χ4n) is 4.49. The van der Waals surface area contributed by atoms with Crippen LogP contribution in [0.5, 0.6) is 0 Å². The summed E-state index contributed by atoms with van der Waals surface area (Å²) < 4.78 is 1.47. The number of hydrogen-bond donors (Lipinski definition) is 0. The van der Waals surface area contributed by atoms with Gasteiger partial charge in [0.05, 0.1) is 5.54 Å². The summed E-state index contributed by atoms with van der Waals surface area (Å²) in [4.78, 5) is 4.50. The molecule has 2 heteroatoms. The van der Waals surface area contributed by atoms with Crippen molar-refractivity contribution in [3.05, 3.63) is 35.2 Å². The van der Waals surface area contributed by atoms with Crippen LogP contribution in [0.3, 0.4) is 0 Å². The van der Waals surface area contributed by atoms with Crippen molar-refractivity contribution in [3.63, 3.8) is 0 Å². The second kappa shape index (κ2) is 5.98. The zero-order valence-electron chi connectivity index (χ0n) is 13.7. The third-order valence-corrected chi connectivity index (χ3v) is 7.26. The van der Waals surface area contributed by atoms with E-state index in [1.807, 2.05) is 0 Å². The number of thiophene rings is 1. The van der Waals surface area contributed by atoms with Crippen molar-refractivity contribution in [2.45, 2.75) is 57.4 Å². The van der Waals surface area contributed by atoms with Crippen LogP contribution in [0.4, 0.5) is 0 Å². The van der Waals surface area contributed by atoms with E-state index in [4.69, 9.17) is 0 Å². The summed E-state index contributed by atoms with van der Waals surface area (Å²) in [5.74, 6) is 0.910. The summed E-state index contributed by atoms with van der Waals surface area (Å²) in [6.07, 6.45) is 9.72. The minimum atomic E-state index is 0.344. The zero-order valence-corrected chi connectivity index (χ0v) is 14.5. The van der Waals surface area contributed by atoms with E-state index in [1.165, 1.54) is 68.1 Å². The number of piperidine rings is 1. The van der Waals surface area contributed by atoms with Crippen molar-refractivity contribution in [2.75, 3.05) is 13.1 Å². The largest absolute Gasteiger partial charge is 0.293 e. The van der Waals surface area contributed by atoms with Gasteiger partial charge in [-0.2, -0.15) is 0 Å². The second-order valence-corrected chi connectivity index (χ2v) is 8.49. The minimum Gasteiger partial charge on any atom is -0.293 e. The Hall–Kier alpha value is -0.860. The van der Waals surface area contributed by atoms with E-state index in [2.05, 4.69) is 53.5 Å². The van der Waals surface area contributed by atoms with Gasteiger partial charge in [0.2, 0.25) is 0 Å². The van der Waals surface area contributed by atoms with Gasteiger partial charge in [-0.05, 0) is 75.1 Å². The normalized spacial score (nSPS) is 30.7. The molecule has 2 aliphatic rings. The summed E-state index contributed by atoms with van der Waals surface area (Å²) in [5.41, 5.74) is 0.344. The molecule has 0 radical (unpaired) electrons. The van der Waals surface area contributed by atoms with Gasteiger partial charge in [-0.25, -0.2) is 0 Å². The van der Waals surface area contributed by atoms with Crippen molar-refractivity contribution < 1.29 is 0 Å². The SMILES string of the molecule is CC1CCC(c2cc3ccccc3s2)(N2CCCCC2)CC1. The highest BCUT2D eigenvalue weighted by molar-refractivity contribution is 7.19. The van der Waals surface area contributed by atoms with Crippen LogP contribution in [0.15, 0.2) is 30.3 Å². The molecular formula is C20H27NS. The Bertz CT molecular complexity index is 597. The van der Waals surface area contributed by atoms with Crippen LogP contribution >= 0.6 is 11.3 Å². The van der Waals surface area contributed by atoms with Crippen LogP contribution in [0.2, 0.25) is 0 Å². The van der Waals surface area contributed by atoms with Gasteiger partial charge in [0.25, 0.3) is 0 Å². The third-order valence-electron chi connectivity index (χ3n) is 5.95. The summed E-state index contributed by atoms with van der Waals surface area (Å²) in [5, 5.41) is 1.44. The molecule has 1 aliphatic carbocycles. The number of likely N-dealkylation sites (tertiary alicyclic amines) is 1. The Kier molecular flexibility index (Phi) is 4.00. The van der Waals surface area contributed by atoms with Gasteiger partial charge in [-0.15, -0.1) is 11.3 Å². The molecule has 2 aromatic rings. The van der Waals surface area contributed by atoms with E-state index in [0.29, 0.717) is 5.54 Å². The quantitative estimate of drug-likeness (QED) is 0.678. The van der Waals surface area contributed by atoms with Crippen molar-refractivity contribution in [2.24, 2.45) is 5.92 Å². The maximum atomic E-state index is 2.85. The molecule has 0 atom stereocenters. The van der Waals surface area contributed by atoms with E-state index >= 15 is 0 Å². The molecule has 0 unspecified atom stereocenters. The van der Waals surface area contributed by atoms with Crippen molar-refractivity contribution in [1.29, 1.82) is 0 Å². The molecule has 1 saturated carbocycles. The van der Waals surface area contributed by atoms with Crippen LogP contribution in [0.25, 0.3) is 10.1 Å². The first-order valence-electron chi connectivity index (χ1n) is 9.02. The number of rotatable bonds is 2. The molecule has 2 fully saturated rings. The number of nitrogens with zero attached hydrogens (tertiary/aromatic N) is 1. The van der Waals surface area contributed by atoms with Gasteiger partial charge in [-0.3, -0.25) is 4.90 Å². The fraction of sp³-hybridized carbons (Fsp3) is 0.600. The van der Waals surface area contributed by atoms with Gasteiger partial charge < -0.3 is 0 Å². The Balaban J connectivity index is 1.75. The minimum absolute atomic E-state index is 0.344. The molecule has 1 aliphatic heterocycles.